The predicted molar refractivity (Wildman–Crippen MR) is 105 cm³/mol. The summed E-state index contributed by atoms with van der Waals surface area (Å²) in [6.45, 7) is 1.50. The van der Waals surface area contributed by atoms with Gasteiger partial charge in [-0.05, 0) is 37.1 Å². The molecule has 4 rings (SSSR count). The summed E-state index contributed by atoms with van der Waals surface area (Å²) in [4.78, 5) is 42.7. The number of nitrogens with zero attached hydrogens (tertiary/aromatic N) is 3. The number of nitrogens with one attached hydrogen (secondary N) is 1. The van der Waals surface area contributed by atoms with Crippen molar-refractivity contribution in [2.24, 2.45) is 5.92 Å². The van der Waals surface area contributed by atoms with Gasteiger partial charge in [-0.2, -0.15) is 0 Å². The first-order valence-corrected chi connectivity index (χ1v) is 9.59. The van der Waals surface area contributed by atoms with Crippen molar-refractivity contribution >= 4 is 39.9 Å². The minimum absolute atomic E-state index is 0.139. The maximum atomic E-state index is 12.6. The van der Waals surface area contributed by atoms with Crippen LogP contribution in [0.2, 0.25) is 0 Å². The van der Waals surface area contributed by atoms with Crippen LogP contribution >= 0.6 is 11.3 Å². The lowest BCUT2D eigenvalue weighted by Gasteiger charge is -2.33. The molecular weight excluding hydrogens is 364 g/mol. The highest BCUT2D eigenvalue weighted by molar-refractivity contribution is 7.15. The summed E-state index contributed by atoms with van der Waals surface area (Å²) in [6.07, 6.45) is 5.31. The monoisotopic (exact) mass is 382 g/mol. The van der Waals surface area contributed by atoms with Gasteiger partial charge < -0.3 is 10.2 Å². The lowest BCUT2D eigenvalue weighted by molar-refractivity contribution is -0.120. The van der Waals surface area contributed by atoms with E-state index in [2.05, 4.69) is 15.2 Å². The molecule has 2 aromatic heterocycles. The molecule has 0 bridgehead atoms. The molecule has 1 aromatic carbocycles. The number of aromatic nitrogens is 2. The Labute approximate surface area is 159 Å². The first-order valence-electron chi connectivity index (χ1n) is 8.71. The Morgan fingerprint density at radius 1 is 1.22 bits per heavy atom. The summed E-state index contributed by atoms with van der Waals surface area (Å²) in [5.74, 6) is -0.280. The Bertz CT molecular complexity index is 1030. The minimum Gasteiger partial charge on any atom is -0.371 e. The van der Waals surface area contributed by atoms with Gasteiger partial charge in [0.2, 0.25) is 5.91 Å². The summed E-state index contributed by atoms with van der Waals surface area (Å²) in [5, 5.41) is 4.53. The van der Waals surface area contributed by atoms with Crippen LogP contribution in [0.3, 0.4) is 0 Å². The predicted octanol–water partition coefficient (Wildman–Crippen LogP) is 2.42. The van der Waals surface area contributed by atoms with Crippen molar-refractivity contribution in [3.63, 3.8) is 0 Å². The molecule has 0 aliphatic carbocycles. The second kappa shape index (κ2) is 7.32. The van der Waals surface area contributed by atoms with Gasteiger partial charge >= 0.3 is 0 Å². The molecule has 1 fully saturated rings. The zero-order valence-electron chi connectivity index (χ0n) is 14.5. The Balaban J connectivity index is 1.39. The molecule has 1 aliphatic rings. The second-order valence-electron chi connectivity index (χ2n) is 6.49. The second-order valence-corrected chi connectivity index (χ2v) is 7.37. The van der Waals surface area contributed by atoms with Gasteiger partial charge in [-0.3, -0.25) is 18.8 Å². The van der Waals surface area contributed by atoms with E-state index >= 15 is 0 Å². The third-order valence-corrected chi connectivity index (χ3v) is 5.63. The molecular formula is C19H18N4O3S. The molecule has 1 amide bonds. The van der Waals surface area contributed by atoms with Gasteiger partial charge in [0.05, 0.1) is 6.20 Å². The first kappa shape index (κ1) is 17.4. The third-order valence-electron chi connectivity index (χ3n) is 4.86. The molecule has 1 N–H and O–H groups in total. The first-order chi connectivity index (χ1) is 13.2. The van der Waals surface area contributed by atoms with Crippen LogP contribution in [0.25, 0.3) is 4.96 Å². The summed E-state index contributed by atoms with van der Waals surface area (Å²) in [7, 11) is 0. The van der Waals surface area contributed by atoms with Gasteiger partial charge in [-0.25, -0.2) is 4.98 Å². The third kappa shape index (κ3) is 3.48. The van der Waals surface area contributed by atoms with E-state index in [-0.39, 0.29) is 23.1 Å². The fourth-order valence-electron chi connectivity index (χ4n) is 3.31. The van der Waals surface area contributed by atoms with Crippen LogP contribution in [-0.4, -0.2) is 34.7 Å². The zero-order valence-corrected chi connectivity index (χ0v) is 15.3. The Morgan fingerprint density at radius 3 is 2.67 bits per heavy atom. The smallest absolute Gasteiger partial charge is 0.282 e. The minimum atomic E-state index is -0.262. The van der Waals surface area contributed by atoms with Crippen LogP contribution in [0, 0.1) is 5.92 Å². The van der Waals surface area contributed by atoms with Crippen LogP contribution in [-0.2, 0) is 4.79 Å². The maximum Gasteiger partial charge on any atom is 0.282 e. The topological polar surface area (TPSA) is 83.8 Å². The number of piperidine rings is 1. The molecule has 27 heavy (non-hydrogen) atoms. The van der Waals surface area contributed by atoms with Crippen molar-refractivity contribution < 1.29 is 9.59 Å². The number of fused-ring (bicyclic) bond motifs is 1. The van der Waals surface area contributed by atoms with Crippen molar-refractivity contribution in [1.82, 2.24) is 9.38 Å². The standard InChI is InChI=1S/C19H18N4O3S/c24-12-13-1-3-15(4-2-13)22-7-5-14(6-8-22)17(25)21-16-11-20-19-23(18(16)26)9-10-27-19/h1-4,9-12,14H,5-8H2,(H,21,25). The largest absolute Gasteiger partial charge is 0.371 e. The number of carbonyl (C=O) groups excluding carboxylic acids is 2. The van der Waals surface area contributed by atoms with E-state index in [0.29, 0.717) is 23.4 Å². The van der Waals surface area contributed by atoms with Crippen molar-refractivity contribution in [1.29, 1.82) is 0 Å². The SMILES string of the molecule is O=Cc1ccc(N2CCC(C(=O)Nc3cnc4sccn4c3=O)CC2)cc1. The van der Waals surface area contributed by atoms with Crippen LogP contribution in [0.15, 0.2) is 46.8 Å². The molecule has 3 aromatic rings. The highest BCUT2D eigenvalue weighted by Gasteiger charge is 2.26. The van der Waals surface area contributed by atoms with Gasteiger partial charge in [0.1, 0.15) is 12.0 Å². The molecule has 0 radical (unpaired) electrons. The lowest BCUT2D eigenvalue weighted by Crippen LogP contribution is -2.38. The summed E-state index contributed by atoms with van der Waals surface area (Å²) < 4.78 is 1.44. The van der Waals surface area contributed by atoms with E-state index in [0.717, 1.165) is 25.1 Å². The molecule has 1 saturated heterocycles. The van der Waals surface area contributed by atoms with Gasteiger partial charge in [0.15, 0.2) is 4.96 Å². The molecule has 1 aliphatic heterocycles. The Kier molecular flexibility index (Phi) is 4.72. The van der Waals surface area contributed by atoms with E-state index < -0.39 is 0 Å². The maximum absolute atomic E-state index is 12.6. The van der Waals surface area contributed by atoms with Crippen molar-refractivity contribution in [3.8, 4) is 0 Å². The number of anilines is 2. The van der Waals surface area contributed by atoms with Crippen LogP contribution in [0.4, 0.5) is 11.4 Å². The normalized spacial score (nSPS) is 15.0. The van der Waals surface area contributed by atoms with Gasteiger partial charge in [-0.1, -0.05) is 0 Å². The molecule has 8 heteroatoms. The number of carbonyl (C=O) groups is 2. The quantitative estimate of drug-likeness (QED) is 0.701. The van der Waals surface area contributed by atoms with Crippen molar-refractivity contribution in [2.45, 2.75) is 12.8 Å². The number of hydrogen-bond acceptors (Lipinski definition) is 6. The number of benzene rings is 1. The van der Waals surface area contributed by atoms with E-state index in [4.69, 9.17) is 0 Å². The molecule has 3 heterocycles. The number of rotatable bonds is 4. The number of amides is 1. The highest BCUT2D eigenvalue weighted by Crippen LogP contribution is 2.24. The zero-order chi connectivity index (χ0) is 18.8. The molecule has 138 valence electrons. The fourth-order valence-corrected chi connectivity index (χ4v) is 3.98. The summed E-state index contributed by atoms with van der Waals surface area (Å²) in [6, 6.07) is 7.43. The van der Waals surface area contributed by atoms with Gasteiger partial charge in [0.25, 0.3) is 5.56 Å². The number of aldehydes is 1. The van der Waals surface area contributed by atoms with Crippen molar-refractivity contribution in [2.75, 3.05) is 23.3 Å². The van der Waals surface area contributed by atoms with Gasteiger partial charge in [0, 0.05) is 41.8 Å². The number of hydrogen-bond donors (Lipinski definition) is 1. The van der Waals surface area contributed by atoms with E-state index in [1.807, 2.05) is 12.1 Å². The van der Waals surface area contributed by atoms with Gasteiger partial charge in [-0.15, -0.1) is 11.3 Å². The number of thiazole rings is 1. The van der Waals surface area contributed by atoms with Crippen LogP contribution in [0.1, 0.15) is 23.2 Å². The Hall–Kier alpha value is -3.00. The summed E-state index contributed by atoms with van der Waals surface area (Å²) in [5.41, 5.74) is 1.64. The van der Waals surface area contributed by atoms with E-state index in [1.165, 1.54) is 21.9 Å². The van der Waals surface area contributed by atoms with Crippen LogP contribution in [0.5, 0.6) is 0 Å². The average molecular weight is 382 g/mol. The highest BCUT2D eigenvalue weighted by atomic mass is 32.1. The molecule has 0 saturated carbocycles. The Morgan fingerprint density at radius 2 is 1.96 bits per heavy atom. The average Bonchev–Trinajstić information content (AvgIpc) is 3.20. The van der Waals surface area contributed by atoms with E-state index in [9.17, 15) is 14.4 Å². The molecule has 0 spiro atoms. The summed E-state index contributed by atoms with van der Waals surface area (Å²) >= 11 is 1.37. The lowest BCUT2D eigenvalue weighted by atomic mass is 9.95. The van der Waals surface area contributed by atoms with E-state index in [1.54, 1.807) is 23.7 Å². The fraction of sp³-hybridized carbons (Fsp3) is 0.263. The molecule has 7 nitrogen and oxygen atoms in total. The van der Waals surface area contributed by atoms with Crippen LogP contribution < -0.4 is 15.8 Å². The molecule has 0 unspecified atom stereocenters. The molecule has 0 atom stereocenters. The van der Waals surface area contributed by atoms with Crippen molar-refractivity contribution in [3.05, 3.63) is 58.0 Å².